The summed E-state index contributed by atoms with van der Waals surface area (Å²) in [6.07, 6.45) is 6.81. The Hall–Kier alpha value is -2.41. The maximum absolute atomic E-state index is 12.6. The first-order valence-corrected chi connectivity index (χ1v) is 11.7. The lowest BCUT2D eigenvalue weighted by Gasteiger charge is -2.54. The average Bonchev–Trinajstić information content (AvgIpc) is 2.68. The van der Waals surface area contributed by atoms with Crippen molar-refractivity contribution in [2.45, 2.75) is 42.9 Å². The Labute approximate surface area is 170 Å². The highest BCUT2D eigenvalue weighted by molar-refractivity contribution is 7.92. The molecule has 0 heterocycles. The van der Waals surface area contributed by atoms with Crippen LogP contribution in [-0.2, 0) is 10.0 Å². The van der Waals surface area contributed by atoms with Gasteiger partial charge in [-0.25, -0.2) is 8.42 Å². The van der Waals surface area contributed by atoms with Gasteiger partial charge in [-0.05, 0) is 85.5 Å². The largest absolute Gasteiger partial charge is 0.280 e. The van der Waals surface area contributed by atoms with Crippen molar-refractivity contribution in [3.05, 3.63) is 64.2 Å². The second kappa shape index (κ2) is 6.83. The van der Waals surface area contributed by atoms with Crippen LogP contribution in [0, 0.1) is 33.8 Å². The van der Waals surface area contributed by atoms with Gasteiger partial charge in [-0.2, -0.15) is 0 Å². The minimum atomic E-state index is -3.88. The van der Waals surface area contributed by atoms with Gasteiger partial charge in [0.2, 0.25) is 0 Å². The second-order valence-electron chi connectivity index (χ2n) is 8.94. The maximum atomic E-state index is 12.6. The molecule has 2 aromatic rings. The molecule has 0 radical (unpaired) electrons. The van der Waals surface area contributed by atoms with Crippen LogP contribution in [-0.4, -0.2) is 13.3 Å². The molecule has 0 saturated heterocycles. The molecule has 1 N–H and O–H groups in total. The number of rotatable bonds is 5. The van der Waals surface area contributed by atoms with Crippen LogP contribution in [0.3, 0.4) is 0 Å². The van der Waals surface area contributed by atoms with E-state index in [-0.39, 0.29) is 10.6 Å². The monoisotopic (exact) mass is 412 g/mol. The molecule has 4 aliphatic rings. The number of benzene rings is 2. The quantitative estimate of drug-likeness (QED) is 0.557. The molecule has 0 spiro atoms. The fraction of sp³-hybridized carbons (Fsp3) is 0.455. The summed E-state index contributed by atoms with van der Waals surface area (Å²) in [6, 6.07) is 12.8. The molecule has 4 bridgehead atoms. The Morgan fingerprint density at radius 3 is 2.10 bits per heavy atom. The highest BCUT2D eigenvalue weighted by Crippen LogP contribution is 2.59. The predicted molar refractivity (Wildman–Crippen MR) is 110 cm³/mol. The second-order valence-corrected chi connectivity index (χ2v) is 10.6. The van der Waals surface area contributed by atoms with Crippen LogP contribution in [0.4, 0.5) is 11.4 Å². The van der Waals surface area contributed by atoms with Gasteiger partial charge in [0.15, 0.2) is 0 Å². The molecule has 29 heavy (non-hydrogen) atoms. The Morgan fingerprint density at radius 2 is 1.52 bits per heavy atom. The number of sulfonamides is 1. The Balaban J connectivity index is 1.34. The van der Waals surface area contributed by atoms with Gasteiger partial charge in [0.1, 0.15) is 0 Å². The number of nitrogens with zero attached hydrogens (tertiary/aromatic N) is 1. The summed E-state index contributed by atoms with van der Waals surface area (Å²) < 4.78 is 27.8. The molecule has 6 nitrogen and oxygen atoms in total. The Morgan fingerprint density at radius 1 is 0.897 bits per heavy atom. The molecule has 4 aliphatic carbocycles. The van der Waals surface area contributed by atoms with Crippen LogP contribution in [0.1, 0.15) is 43.6 Å². The summed E-state index contributed by atoms with van der Waals surface area (Å²) in [6.45, 7) is 0. The maximum Gasteiger partial charge on any atom is 0.270 e. The van der Waals surface area contributed by atoms with Gasteiger partial charge in [-0.15, -0.1) is 0 Å². The van der Waals surface area contributed by atoms with Crippen molar-refractivity contribution in [2.75, 3.05) is 4.72 Å². The molecule has 0 amide bonds. The number of non-ortho nitro benzene ring substituents is 1. The van der Waals surface area contributed by atoms with E-state index in [1.807, 2.05) is 12.1 Å². The number of nitrogens with one attached hydrogen (secondary N) is 1. The zero-order valence-electron chi connectivity index (χ0n) is 16.0. The molecule has 0 aromatic heterocycles. The zero-order chi connectivity index (χ0) is 20.2. The van der Waals surface area contributed by atoms with Crippen LogP contribution in [0.2, 0.25) is 0 Å². The first kappa shape index (κ1) is 18.6. The minimum Gasteiger partial charge on any atom is -0.280 e. The van der Waals surface area contributed by atoms with Crippen molar-refractivity contribution < 1.29 is 13.3 Å². The van der Waals surface area contributed by atoms with Crippen LogP contribution in [0.25, 0.3) is 0 Å². The van der Waals surface area contributed by atoms with Gasteiger partial charge in [0.25, 0.3) is 15.7 Å². The lowest BCUT2D eigenvalue weighted by Crippen LogP contribution is -2.43. The van der Waals surface area contributed by atoms with Gasteiger partial charge in [0.05, 0.1) is 9.82 Å². The van der Waals surface area contributed by atoms with Crippen LogP contribution in [0.15, 0.2) is 53.4 Å². The average molecular weight is 413 g/mol. The van der Waals surface area contributed by atoms with Crippen molar-refractivity contribution in [3.63, 3.8) is 0 Å². The third kappa shape index (κ3) is 3.41. The first-order valence-electron chi connectivity index (χ1n) is 10.3. The third-order valence-electron chi connectivity index (χ3n) is 7.11. The summed E-state index contributed by atoms with van der Waals surface area (Å²) >= 11 is 0. The molecule has 0 aliphatic heterocycles. The highest BCUT2D eigenvalue weighted by atomic mass is 32.2. The van der Waals surface area contributed by atoms with Gasteiger partial charge >= 0.3 is 0 Å². The lowest BCUT2D eigenvalue weighted by molar-refractivity contribution is -0.385. The van der Waals surface area contributed by atoms with Crippen LogP contribution < -0.4 is 4.72 Å². The number of nitro benzene ring substituents is 1. The molecule has 0 unspecified atom stereocenters. The first-order chi connectivity index (χ1) is 13.9. The fourth-order valence-electron chi connectivity index (χ4n) is 6.22. The van der Waals surface area contributed by atoms with Crippen molar-refractivity contribution >= 4 is 21.4 Å². The minimum absolute atomic E-state index is 0.114. The molecule has 6 rings (SSSR count). The summed E-state index contributed by atoms with van der Waals surface area (Å²) in [5.74, 6) is 4.01. The van der Waals surface area contributed by atoms with Crippen LogP contribution in [0.5, 0.6) is 0 Å². The highest BCUT2D eigenvalue weighted by Gasteiger charge is 2.48. The smallest absolute Gasteiger partial charge is 0.270 e. The van der Waals surface area contributed by atoms with Gasteiger partial charge < -0.3 is 0 Å². The predicted octanol–water partition coefficient (Wildman–Crippen LogP) is 4.94. The van der Waals surface area contributed by atoms with Crippen molar-refractivity contribution in [2.24, 2.45) is 23.7 Å². The van der Waals surface area contributed by atoms with E-state index in [0.29, 0.717) is 11.6 Å². The van der Waals surface area contributed by atoms with Gasteiger partial charge in [-0.3, -0.25) is 14.8 Å². The standard InChI is InChI=1S/C22H24N2O4S/c25-24(26)20-2-1-3-21(13-20)29(27,28)23-19-6-4-16(5-7-19)22-17-9-14-8-15(11-17)12-18(22)10-14/h1-7,13-15,17-18,22-23H,8-12H2. The Kier molecular flexibility index (Phi) is 4.38. The summed E-state index contributed by atoms with van der Waals surface area (Å²) in [4.78, 5) is 10.2. The molecule has 7 heteroatoms. The molecule has 0 atom stereocenters. The fourth-order valence-corrected chi connectivity index (χ4v) is 7.32. The lowest BCUT2D eigenvalue weighted by atomic mass is 9.51. The molecule has 4 fully saturated rings. The molecular formula is C22H24N2O4S. The summed E-state index contributed by atoms with van der Waals surface area (Å²) in [5, 5.41) is 10.9. The summed E-state index contributed by atoms with van der Waals surface area (Å²) in [5.41, 5.74) is 1.55. The SMILES string of the molecule is O=[N+]([O-])c1cccc(S(=O)(=O)Nc2ccc(C3C4CC5CC(C4)CC3C5)cc2)c1. The van der Waals surface area contributed by atoms with E-state index in [0.717, 1.165) is 29.7 Å². The van der Waals surface area contributed by atoms with Crippen LogP contribution >= 0.6 is 0 Å². The van der Waals surface area contributed by atoms with E-state index in [2.05, 4.69) is 16.9 Å². The number of hydrogen-bond donors (Lipinski definition) is 1. The van der Waals surface area contributed by atoms with E-state index >= 15 is 0 Å². The molecule has 2 aromatic carbocycles. The van der Waals surface area contributed by atoms with Gasteiger partial charge in [-0.1, -0.05) is 18.2 Å². The normalized spacial score (nSPS) is 30.3. The van der Waals surface area contributed by atoms with Crippen molar-refractivity contribution in [1.82, 2.24) is 0 Å². The van der Waals surface area contributed by atoms with E-state index < -0.39 is 14.9 Å². The molecular weight excluding hydrogens is 388 g/mol. The Bertz CT molecular complexity index is 1020. The summed E-state index contributed by atoms with van der Waals surface area (Å²) in [7, 11) is -3.88. The zero-order valence-corrected chi connectivity index (χ0v) is 16.8. The topological polar surface area (TPSA) is 89.3 Å². The number of anilines is 1. The third-order valence-corrected chi connectivity index (χ3v) is 8.49. The van der Waals surface area contributed by atoms with Crippen molar-refractivity contribution in [3.8, 4) is 0 Å². The van der Waals surface area contributed by atoms with Crippen molar-refractivity contribution in [1.29, 1.82) is 0 Å². The van der Waals surface area contributed by atoms with E-state index in [1.165, 1.54) is 55.9 Å². The van der Waals surface area contributed by atoms with E-state index in [4.69, 9.17) is 0 Å². The number of hydrogen-bond acceptors (Lipinski definition) is 4. The molecule has 4 saturated carbocycles. The number of nitro groups is 1. The molecule has 152 valence electrons. The van der Waals surface area contributed by atoms with E-state index in [1.54, 1.807) is 0 Å². The van der Waals surface area contributed by atoms with E-state index in [9.17, 15) is 18.5 Å². The van der Waals surface area contributed by atoms with Gasteiger partial charge in [0, 0.05) is 17.8 Å².